The van der Waals surface area contributed by atoms with Crippen LogP contribution < -0.4 is 15.5 Å². The lowest BCUT2D eigenvalue weighted by Crippen LogP contribution is -2.33. The molecule has 2 atom stereocenters. The molecule has 0 amide bonds. The minimum atomic E-state index is 0.462. The highest BCUT2D eigenvalue weighted by Crippen LogP contribution is 2.43. The quantitative estimate of drug-likeness (QED) is 0.401. The van der Waals surface area contributed by atoms with Crippen molar-refractivity contribution in [3.05, 3.63) is 59.7 Å². The highest BCUT2D eigenvalue weighted by atomic mass is 32.2. The fourth-order valence-electron chi connectivity index (χ4n) is 5.50. The smallest absolute Gasteiger partial charge is 0.225 e. The van der Waals surface area contributed by atoms with E-state index in [1.165, 1.54) is 49.0 Å². The predicted octanol–water partition coefficient (Wildman–Crippen LogP) is 6.06. The van der Waals surface area contributed by atoms with Gasteiger partial charge in [-0.1, -0.05) is 42.0 Å². The second kappa shape index (κ2) is 11.2. The lowest BCUT2D eigenvalue weighted by atomic mass is 9.86. The standard InChI is InChI=1S/C29H39N5S/c1-20-8-12-23(13-9-20)27-16-22(19-35-27)18-30-17-21-10-14-24(15-11-21)31-29-32-26-7-5-4-6-25(26)28(33-29)34(2)3/h4-9,12-13,21-22,24,27,30H,10-11,14-19H2,1-3H3,(H,31,32,33)/t21-,22?,24+,27?. The molecule has 2 aliphatic rings. The SMILES string of the molecule is Cc1ccc(C2CC(CNC[C@H]3CC[C@@H](Nc4nc(N(C)C)c5ccccc5n4)CC3)CS2)cc1. The summed E-state index contributed by atoms with van der Waals surface area (Å²) in [5.74, 6) is 4.59. The van der Waals surface area contributed by atoms with Crippen molar-refractivity contribution >= 4 is 34.4 Å². The van der Waals surface area contributed by atoms with E-state index in [1.54, 1.807) is 0 Å². The largest absolute Gasteiger partial charge is 0.362 e. The zero-order valence-corrected chi connectivity index (χ0v) is 22.2. The molecular weight excluding hydrogens is 450 g/mol. The second-order valence-corrected chi connectivity index (χ2v) is 11.9. The Kier molecular flexibility index (Phi) is 7.78. The van der Waals surface area contributed by atoms with Crippen LogP contribution in [0.2, 0.25) is 0 Å². The van der Waals surface area contributed by atoms with Gasteiger partial charge in [-0.2, -0.15) is 16.7 Å². The summed E-state index contributed by atoms with van der Waals surface area (Å²) in [4.78, 5) is 11.7. The van der Waals surface area contributed by atoms with E-state index in [-0.39, 0.29) is 0 Å². The summed E-state index contributed by atoms with van der Waals surface area (Å²) in [5, 5.41) is 9.24. The van der Waals surface area contributed by atoms with Crippen molar-refractivity contribution in [3.63, 3.8) is 0 Å². The maximum Gasteiger partial charge on any atom is 0.225 e. The number of anilines is 2. The summed E-state index contributed by atoms with van der Waals surface area (Å²) >= 11 is 2.14. The molecule has 1 aliphatic carbocycles. The third kappa shape index (κ3) is 6.10. The highest BCUT2D eigenvalue weighted by Gasteiger charge is 2.27. The number of benzene rings is 2. The number of hydrogen-bond donors (Lipinski definition) is 2. The molecule has 0 spiro atoms. The molecule has 1 aromatic heterocycles. The van der Waals surface area contributed by atoms with Crippen molar-refractivity contribution in [3.8, 4) is 0 Å². The summed E-state index contributed by atoms with van der Waals surface area (Å²) in [6.45, 7) is 4.48. The van der Waals surface area contributed by atoms with Crippen LogP contribution in [0.4, 0.5) is 11.8 Å². The summed E-state index contributed by atoms with van der Waals surface area (Å²) in [7, 11) is 4.09. The summed E-state index contributed by atoms with van der Waals surface area (Å²) in [6, 6.07) is 17.9. The first-order chi connectivity index (χ1) is 17.0. The van der Waals surface area contributed by atoms with Gasteiger partial charge in [-0.05, 0) is 87.4 Å². The van der Waals surface area contributed by atoms with Crippen molar-refractivity contribution in [2.45, 2.75) is 50.3 Å². The topological polar surface area (TPSA) is 53.1 Å². The summed E-state index contributed by atoms with van der Waals surface area (Å²) in [6.07, 6.45) is 6.22. The first-order valence-corrected chi connectivity index (χ1v) is 14.2. The molecule has 5 nitrogen and oxygen atoms in total. The van der Waals surface area contributed by atoms with Gasteiger partial charge in [0.1, 0.15) is 5.82 Å². The van der Waals surface area contributed by atoms with Gasteiger partial charge in [-0.25, -0.2) is 4.98 Å². The minimum absolute atomic E-state index is 0.462. The molecule has 3 aromatic rings. The number of para-hydroxylation sites is 1. The Balaban J connectivity index is 1.06. The van der Waals surface area contributed by atoms with E-state index in [1.807, 2.05) is 20.2 Å². The van der Waals surface area contributed by atoms with Gasteiger partial charge in [-0.3, -0.25) is 0 Å². The number of aromatic nitrogens is 2. The molecule has 2 N–H and O–H groups in total. The Labute approximate surface area is 214 Å². The molecule has 2 unspecified atom stereocenters. The maximum absolute atomic E-state index is 4.83. The van der Waals surface area contributed by atoms with Crippen molar-refractivity contribution in [2.75, 3.05) is 43.2 Å². The van der Waals surface area contributed by atoms with Crippen molar-refractivity contribution in [2.24, 2.45) is 11.8 Å². The third-order valence-corrected chi connectivity index (χ3v) is 9.11. The van der Waals surface area contributed by atoms with Crippen molar-refractivity contribution < 1.29 is 0 Å². The number of aryl methyl sites for hydroxylation is 1. The molecule has 2 fully saturated rings. The van der Waals surface area contributed by atoms with Crippen molar-refractivity contribution in [1.29, 1.82) is 0 Å². The van der Waals surface area contributed by atoms with E-state index in [9.17, 15) is 0 Å². The first kappa shape index (κ1) is 24.4. The molecule has 0 bridgehead atoms. The fourth-order valence-corrected chi connectivity index (χ4v) is 7.01. The molecule has 6 heteroatoms. The fraction of sp³-hybridized carbons (Fsp3) is 0.517. The third-order valence-electron chi connectivity index (χ3n) is 7.58. The molecule has 1 aliphatic heterocycles. The average molecular weight is 490 g/mol. The lowest BCUT2D eigenvalue weighted by molar-refractivity contribution is 0.318. The molecule has 2 aromatic carbocycles. The van der Waals surface area contributed by atoms with Crippen molar-refractivity contribution in [1.82, 2.24) is 15.3 Å². The van der Waals surface area contributed by atoms with Gasteiger partial charge in [0.2, 0.25) is 5.95 Å². The van der Waals surface area contributed by atoms with Gasteiger partial charge in [0.15, 0.2) is 0 Å². The van der Waals surface area contributed by atoms with E-state index in [2.05, 4.69) is 76.7 Å². The second-order valence-electron chi connectivity index (χ2n) is 10.6. The maximum atomic E-state index is 4.83. The van der Waals surface area contributed by atoms with Crippen LogP contribution >= 0.6 is 11.8 Å². The number of hydrogen-bond acceptors (Lipinski definition) is 6. The van der Waals surface area contributed by atoms with Crippen LogP contribution in [0.25, 0.3) is 10.9 Å². The Bertz CT molecular complexity index is 1110. The number of thioether (sulfide) groups is 1. The van der Waals surface area contributed by atoms with E-state index < -0.39 is 0 Å². The normalized spacial score (nSPS) is 24.5. The Hall–Kier alpha value is -2.31. The van der Waals surface area contributed by atoms with Crippen LogP contribution in [0.15, 0.2) is 48.5 Å². The minimum Gasteiger partial charge on any atom is -0.362 e. The molecule has 0 radical (unpaired) electrons. The van der Waals surface area contributed by atoms with Crippen LogP contribution in [0.3, 0.4) is 0 Å². The van der Waals surface area contributed by atoms with Crippen LogP contribution in [-0.2, 0) is 0 Å². The summed E-state index contributed by atoms with van der Waals surface area (Å²) in [5.41, 5.74) is 3.85. The van der Waals surface area contributed by atoms with E-state index >= 15 is 0 Å². The van der Waals surface area contributed by atoms with E-state index in [0.29, 0.717) is 11.3 Å². The van der Waals surface area contributed by atoms with Gasteiger partial charge < -0.3 is 15.5 Å². The molecule has 1 saturated carbocycles. The Morgan fingerprint density at radius 3 is 2.43 bits per heavy atom. The summed E-state index contributed by atoms with van der Waals surface area (Å²) < 4.78 is 0. The number of fused-ring (bicyclic) bond motifs is 1. The van der Waals surface area contributed by atoms with Gasteiger partial charge in [0.05, 0.1) is 5.52 Å². The van der Waals surface area contributed by atoms with Crippen LogP contribution in [0.5, 0.6) is 0 Å². The first-order valence-electron chi connectivity index (χ1n) is 13.1. The molecule has 186 valence electrons. The molecular formula is C29H39N5S. The zero-order chi connectivity index (χ0) is 24.2. The number of nitrogens with one attached hydrogen (secondary N) is 2. The predicted molar refractivity (Wildman–Crippen MR) is 151 cm³/mol. The highest BCUT2D eigenvalue weighted by molar-refractivity contribution is 7.99. The van der Waals surface area contributed by atoms with E-state index in [4.69, 9.17) is 9.97 Å². The van der Waals surface area contributed by atoms with Gasteiger partial charge in [0.25, 0.3) is 0 Å². The van der Waals surface area contributed by atoms with Crippen LogP contribution in [0.1, 0.15) is 48.5 Å². The molecule has 5 rings (SSSR count). The average Bonchev–Trinajstić information content (AvgIpc) is 3.34. The zero-order valence-electron chi connectivity index (χ0n) is 21.3. The lowest BCUT2D eigenvalue weighted by Gasteiger charge is -2.30. The van der Waals surface area contributed by atoms with Gasteiger partial charge >= 0.3 is 0 Å². The van der Waals surface area contributed by atoms with E-state index in [0.717, 1.165) is 47.6 Å². The molecule has 1 saturated heterocycles. The number of rotatable bonds is 8. The molecule has 35 heavy (non-hydrogen) atoms. The molecule has 2 heterocycles. The van der Waals surface area contributed by atoms with Crippen LogP contribution in [0, 0.1) is 18.8 Å². The van der Waals surface area contributed by atoms with Crippen LogP contribution in [-0.4, -0.2) is 48.9 Å². The Morgan fingerprint density at radius 2 is 1.66 bits per heavy atom. The van der Waals surface area contributed by atoms with Gasteiger partial charge in [0, 0.05) is 30.8 Å². The Morgan fingerprint density at radius 1 is 0.914 bits per heavy atom. The van der Waals surface area contributed by atoms with Gasteiger partial charge in [-0.15, -0.1) is 0 Å². The monoisotopic (exact) mass is 489 g/mol. The number of nitrogens with zero attached hydrogens (tertiary/aromatic N) is 3.